The summed E-state index contributed by atoms with van der Waals surface area (Å²) in [6.07, 6.45) is 3.64. The summed E-state index contributed by atoms with van der Waals surface area (Å²) in [6.45, 7) is 7.80. The lowest BCUT2D eigenvalue weighted by atomic mass is 10.0. The predicted octanol–water partition coefficient (Wildman–Crippen LogP) is 2.38. The van der Waals surface area contributed by atoms with E-state index in [-0.39, 0.29) is 16.2 Å². The van der Waals surface area contributed by atoms with Crippen molar-refractivity contribution in [2.24, 2.45) is 5.92 Å². The maximum Gasteiger partial charge on any atom is 0.264 e. The Kier molecular flexibility index (Phi) is 6.37. The largest absolute Gasteiger partial charge is 0.334 e. The lowest BCUT2D eigenvalue weighted by molar-refractivity contribution is 0.0697. The zero-order valence-corrected chi connectivity index (χ0v) is 17.2. The summed E-state index contributed by atoms with van der Waals surface area (Å²) in [5, 5.41) is 3.30. The van der Waals surface area contributed by atoms with E-state index in [1.807, 2.05) is 4.90 Å². The molecule has 8 heteroatoms. The molecule has 2 aliphatic rings. The van der Waals surface area contributed by atoms with Crippen LogP contribution in [0.3, 0.4) is 0 Å². The summed E-state index contributed by atoms with van der Waals surface area (Å²) < 4.78 is 27.6. The van der Waals surface area contributed by atoms with Crippen LogP contribution in [0.25, 0.3) is 0 Å². The standard InChI is InChI=1S/C18H29N3O3S2/c1-3-10-21(15-6-9-19-13-15)18(22)16-4-5-17(25-16)26(23,24)20-11-7-14(2)8-12-20/h4-5,14-15,19H,3,6-13H2,1-2H3. The Labute approximate surface area is 160 Å². The first-order valence-corrected chi connectivity index (χ1v) is 11.8. The number of thiophene rings is 1. The molecular weight excluding hydrogens is 370 g/mol. The topological polar surface area (TPSA) is 69.7 Å². The van der Waals surface area contributed by atoms with E-state index >= 15 is 0 Å². The lowest BCUT2D eigenvalue weighted by Crippen LogP contribution is -2.41. The quantitative estimate of drug-likeness (QED) is 0.797. The van der Waals surface area contributed by atoms with Crippen LogP contribution in [0.2, 0.25) is 0 Å². The van der Waals surface area contributed by atoms with Crippen LogP contribution in [-0.4, -0.2) is 62.3 Å². The number of sulfonamides is 1. The van der Waals surface area contributed by atoms with Crippen molar-refractivity contribution >= 4 is 27.3 Å². The molecule has 1 atom stereocenters. The molecule has 0 spiro atoms. The molecule has 1 aromatic heterocycles. The van der Waals surface area contributed by atoms with Gasteiger partial charge in [-0.15, -0.1) is 11.3 Å². The van der Waals surface area contributed by atoms with Crippen molar-refractivity contribution in [1.82, 2.24) is 14.5 Å². The van der Waals surface area contributed by atoms with Gasteiger partial charge in [0.25, 0.3) is 15.9 Å². The highest BCUT2D eigenvalue weighted by molar-refractivity contribution is 7.91. The van der Waals surface area contributed by atoms with Crippen molar-refractivity contribution < 1.29 is 13.2 Å². The number of hydrogen-bond donors (Lipinski definition) is 1. The third-order valence-corrected chi connectivity index (χ3v) is 8.77. The summed E-state index contributed by atoms with van der Waals surface area (Å²) in [5.41, 5.74) is 0. The fourth-order valence-electron chi connectivity index (χ4n) is 3.66. The number of nitrogens with zero attached hydrogens (tertiary/aromatic N) is 2. The highest BCUT2D eigenvalue weighted by atomic mass is 32.2. The minimum absolute atomic E-state index is 0.0423. The molecule has 26 heavy (non-hydrogen) atoms. The molecule has 0 aromatic carbocycles. The molecule has 1 amide bonds. The zero-order valence-electron chi connectivity index (χ0n) is 15.6. The third-order valence-electron chi connectivity index (χ3n) is 5.33. The Morgan fingerprint density at radius 3 is 2.65 bits per heavy atom. The first-order chi connectivity index (χ1) is 12.4. The van der Waals surface area contributed by atoms with Crippen LogP contribution in [0, 0.1) is 5.92 Å². The number of carbonyl (C=O) groups excluding carboxylic acids is 1. The van der Waals surface area contributed by atoms with Crippen LogP contribution >= 0.6 is 11.3 Å². The lowest BCUT2D eigenvalue weighted by Gasteiger charge is -2.29. The molecule has 1 aromatic rings. The molecule has 2 aliphatic heterocycles. The molecule has 1 unspecified atom stereocenters. The van der Waals surface area contributed by atoms with Gasteiger partial charge in [-0.1, -0.05) is 13.8 Å². The number of piperidine rings is 1. The van der Waals surface area contributed by atoms with Crippen LogP contribution in [0.1, 0.15) is 49.2 Å². The molecule has 0 saturated carbocycles. The molecular formula is C18H29N3O3S2. The summed E-state index contributed by atoms with van der Waals surface area (Å²) in [4.78, 5) is 15.4. The second-order valence-electron chi connectivity index (χ2n) is 7.35. The van der Waals surface area contributed by atoms with Crippen molar-refractivity contribution in [2.45, 2.75) is 49.8 Å². The van der Waals surface area contributed by atoms with Gasteiger partial charge in [0.05, 0.1) is 4.88 Å². The van der Waals surface area contributed by atoms with E-state index in [1.165, 1.54) is 0 Å². The van der Waals surface area contributed by atoms with Gasteiger partial charge in [-0.05, 0) is 50.3 Å². The van der Waals surface area contributed by atoms with Gasteiger partial charge in [0.15, 0.2) is 0 Å². The van der Waals surface area contributed by atoms with E-state index in [0.29, 0.717) is 30.4 Å². The number of rotatable bonds is 6. The zero-order chi connectivity index (χ0) is 18.7. The molecule has 0 aliphatic carbocycles. The minimum Gasteiger partial charge on any atom is -0.334 e. The minimum atomic E-state index is -3.49. The molecule has 1 N–H and O–H groups in total. The Hall–Kier alpha value is -0.960. The average molecular weight is 400 g/mol. The first kappa shape index (κ1) is 19.8. The number of amides is 1. The van der Waals surface area contributed by atoms with Gasteiger partial charge in [0, 0.05) is 32.2 Å². The highest BCUT2D eigenvalue weighted by Gasteiger charge is 2.32. The van der Waals surface area contributed by atoms with E-state index in [2.05, 4.69) is 19.2 Å². The summed E-state index contributed by atoms with van der Waals surface area (Å²) in [7, 11) is -3.49. The van der Waals surface area contributed by atoms with Crippen molar-refractivity contribution in [2.75, 3.05) is 32.7 Å². The van der Waals surface area contributed by atoms with Crippen molar-refractivity contribution in [1.29, 1.82) is 0 Å². The predicted molar refractivity (Wildman–Crippen MR) is 104 cm³/mol. The Morgan fingerprint density at radius 2 is 2.04 bits per heavy atom. The molecule has 3 rings (SSSR count). The average Bonchev–Trinajstić information content (AvgIpc) is 3.31. The molecule has 2 fully saturated rings. The van der Waals surface area contributed by atoms with Crippen LogP contribution in [-0.2, 0) is 10.0 Å². The molecule has 3 heterocycles. The monoisotopic (exact) mass is 399 g/mol. The molecule has 0 bridgehead atoms. The maximum atomic E-state index is 13.0. The van der Waals surface area contributed by atoms with Crippen LogP contribution in [0.5, 0.6) is 0 Å². The first-order valence-electron chi connectivity index (χ1n) is 9.55. The van der Waals surface area contributed by atoms with Crippen molar-refractivity contribution in [3.05, 3.63) is 17.0 Å². The Bertz CT molecular complexity index is 718. The summed E-state index contributed by atoms with van der Waals surface area (Å²) in [5.74, 6) is 0.531. The molecule has 146 valence electrons. The Balaban J connectivity index is 1.76. The van der Waals surface area contributed by atoms with Gasteiger partial charge in [0.1, 0.15) is 4.21 Å². The van der Waals surface area contributed by atoms with Gasteiger partial charge < -0.3 is 10.2 Å². The number of carbonyl (C=O) groups is 1. The summed E-state index contributed by atoms with van der Waals surface area (Å²) >= 11 is 1.11. The third kappa shape index (κ3) is 4.13. The smallest absolute Gasteiger partial charge is 0.264 e. The normalized spacial score (nSPS) is 22.6. The SMILES string of the molecule is CCCN(C(=O)c1ccc(S(=O)(=O)N2CCC(C)CC2)s1)C1CCNC1. The van der Waals surface area contributed by atoms with Crippen LogP contribution in [0.15, 0.2) is 16.3 Å². The maximum absolute atomic E-state index is 13.0. The van der Waals surface area contributed by atoms with E-state index in [4.69, 9.17) is 0 Å². The number of nitrogens with one attached hydrogen (secondary N) is 1. The van der Waals surface area contributed by atoms with Gasteiger partial charge in [-0.3, -0.25) is 4.79 Å². The number of hydrogen-bond acceptors (Lipinski definition) is 5. The second-order valence-corrected chi connectivity index (χ2v) is 10.6. The van der Waals surface area contributed by atoms with Crippen molar-refractivity contribution in [3.63, 3.8) is 0 Å². The van der Waals surface area contributed by atoms with Gasteiger partial charge in [-0.25, -0.2) is 8.42 Å². The molecule has 0 radical (unpaired) electrons. The van der Waals surface area contributed by atoms with Gasteiger partial charge >= 0.3 is 0 Å². The Morgan fingerprint density at radius 1 is 1.31 bits per heavy atom. The van der Waals surface area contributed by atoms with E-state index in [9.17, 15) is 13.2 Å². The van der Waals surface area contributed by atoms with Crippen LogP contribution in [0.4, 0.5) is 0 Å². The fourth-order valence-corrected chi connectivity index (χ4v) is 6.55. The van der Waals surface area contributed by atoms with E-state index in [1.54, 1.807) is 16.4 Å². The fraction of sp³-hybridized carbons (Fsp3) is 0.722. The van der Waals surface area contributed by atoms with Crippen molar-refractivity contribution in [3.8, 4) is 0 Å². The highest BCUT2D eigenvalue weighted by Crippen LogP contribution is 2.29. The van der Waals surface area contributed by atoms with Gasteiger partial charge in [-0.2, -0.15) is 4.31 Å². The van der Waals surface area contributed by atoms with Gasteiger partial charge in [0.2, 0.25) is 0 Å². The molecule has 6 nitrogen and oxygen atoms in total. The second kappa shape index (κ2) is 8.37. The van der Waals surface area contributed by atoms with E-state index < -0.39 is 10.0 Å². The van der Waals surface area contributed by atoms with E-state index in [0.717, 1.165) is 50.1 Å². The molecule has 2 saturated heterocycles. The summed E-state index contributed by atoms with van der Waals surface area (Å²) in [6, 6.07) is 3.48. The van der Waals surface area contributed by atoms with Crippen LogP contribution < -0.4 is 5.32 Å².